The molecule has 2 aromatic carbocycles. The standard InChI is InChI=1S/C19H20N2OS/c1-11(2)14-7-9-15(10-8-14)18(22)21-19-20-16-12(3)5-6-13(4)17(16)23-19/h5-11H,1-4H3,(H,20,21,22). The average Bonchev–Trinajstić information content (AvgIpc) is 2.96. The number of carbonyl (C=O) groups is 1. The summed E-state index contributed by atoms with van der Waals surface area (Å²) < 4.78 is 1.13. The molecule has 1 amide bonds. The number of nitrogens with zero attached hydrogens (tertiary/aromatic N) is 1. The lowest BCUT2D eigenvalue weighted by Crippen LogP contribution is -2.11. The molecular formula is C19H20N2OS. The Balaban J connectivity index is 1.85. The topological polar surface area (TPSA) is 42.0 Å². The monoisotopic (exact) mass is 324 g/mol. The number of aromatic nitrogens is 1. The predicted octanol–water partition coefficient (Wildman–Crippen LogP) is 5.29. The molecule has 0 aliphatic heterocycles. The largest absolute Gasteiger partial charge is 0.298 e. The van der Waals surface area contributed by atoms with Crippen molar-refractivity contribution in [3.05, 3.63) is 58.7 Å². The lowest BCUT2D eigenvalue weighted by atomic mass is 10.0. The van der Waals surface area contributed by atoms with E-state index in [1.165, 1.54) is 22.5 Å². The van der Waals surface area contributed by atoms with Crippen molar-refractivity contribution < 1.29 is 4.79 Å². The summed E-state index contributed by atoms with van der Waals surface area (Å²) >= 11 is 1.53. The molecule has 23 heavy (non-hydrogen) atoms. The molecule has 0 spiro atoms. The number of carbonyl (C=O) groups excluding carboxylic acids is 1. The Labute approximate surface area is 140 Å². The first-order chi connectivity index (χ1) is 11.0. The van der Waals surface area contributed by atoms with Crippen LogP contribution >= 0.6 is 11.3 Å². The van der Waals surface area contributed by atoms with E-state index in [0.29, 0.717) is 16.6 Å². The Morgan fingerprint density at radius 3 is 2.30 bits per heavy atom. The van der Waals surface area contributed by atoms with Crippen LogP contribution in [0.2, 0.25) is 0 Å². The number of fused-ring (bicyclic) bond motifs is 1. The van der Waals surface area contributed by atoms with Crippen LogP contribution in [-0.4, -0.2) is 10.9 Å². The van der Waals surface area contributed by atoms with Crippen molar-refractivity contribution in [2.45, 2.75) is 33.6 Å². The number of hydrogen-bond donors (Lipinski definition) is 1. The van der Waals surface area contributed by atoms with Gasteiger partial charge in [-0.2, -0.15) is 0 Å². The molecule has 0 atom stereocenters. The van der Waals surface area contributed by atoms with E-state index < -0.39 is 0 Å². The van der Waals surface area contributed by atoms with Gasteiger partial charge in [-0.15, -0.1) is 0 Å². The van der Waals surface area contributed by atoms with Crippen molar-refractivity contribution in [3.63, 3.8) is 0 Å². The third kappa shape index (κ3) is 3.13. The van der Waals surface area contributed by atoms with Gasteiger partial charge in [0.25, 0.3) is 5.91 Å². The fourth-order valence-corrected chi connectivity index (χ4v) is 3.51. The first kappa shape index (κ1) is 15.7. The van der Waals surface area contributed by atoms with Gasteiger partial charge in [0, 0.05) is 5.56 Å². The lowest BCUT2D eigenvalue weighted by molar-refractivity contribution is 0.102. The van der Waals surface area contributed by atoms with Crippen LogP contribution in [0, 0.1) is 13.8 Å². The highest BCUT2D eigenvalue weighted by atomic mass is 32.1. The molecule has 3 aromatic rings. The van der Waals surface area contributed by atoms with Crippen LogP contribution in [0.5, 0.6) is 0 Å². The highest BCUT2D eigenvalue weighted by molar-refractivity contribution is 7.22. The van der Waals surface area contributed by atoms with Crippen LogP contribution in [0.4, 0.5) is 5.13 Å². The Kier molecular flexibility index (Phi) is 4.18. The van der Waals surface area contributed by atoms with Crippen molar-refractivity contribution in [1.29, 1.82) is 0 Å². The van der Waals surface area contributed by atoms with Crippen LogP contribution < -0.4 is 5.32 Å². The van der Waals surface area contributed by atoms with Gasteiger partial charge in [-0.05, 0) is 48.6 Å². The molecule has 4 heteroatoms. The molecule has 1 N–H and O–H groups in total. The summed E-state index contributed by atoms with van der Waals surface area (Å²) in [5.74, 6) is 0.344. The van der Waals surface area contributed by atoms with Crippen molar-refractivity contribution in [2.75, 3.05) is 5.32 Å². The second-order valence-corrected chi connectivity index (χ2v) is 7.13. The molecule has 0 saturated heterocycles. The highest BCUT2D eigenvalue weighted by Crippen LogP contribution is 2.31. The smallest absolute Gasteiger partial charge is 0.257 e. The van der Waals surface area contributed by atoms with Crippen molar-refractivity contribution in [3.8, 4) is 0 Å². The first-order valence-electron chi connectivity index (χ1n) is 7.74. The average molecular weight is 324 g/mol. The number of hydrogen-bond acceptors (Lipinski definition) is 3. The van der Waals surface area contributed by atoms with E-state index in [2.05, 4.69) is 43.2 Å². The predicted molar refractivity (Wildman–Crippen MR) is 97.6 cm³/mol. The normalized spacial score (nSPS) is 11.2. The summed E-state index contributed by atoms with van der Waals surface area (Å²) in [5, 5.41) is 3.57. The Bertz CT molecular complexity index is 824. The van der Waals surface area contributed by atoms with Crippen LogP contribution in [0.25, 0.3) is 10.2 Å². The second kappa shape index (κ2) is 6.13. The Morgan fingerprint density at radius 1 is 1.04 bits per heavy atom. The molecule has 1 heterocycles. The molecule has 3 nitrogen and oxygen atoms in total. The minimum absolute atomic E-state index is 0.116. The summed E-state index contributed by atoms with van der Waals surface area (Å²) in [7, 11) is 0. The number of rotatable bonds is 3. The fraction of sp³-hybridized carbons (Fsp3) is 0.263. The van der Waals surface area contributed by atoms with E-state index in [9.17, 15) is 4.79 Å². The van der Waals surface area contributed by atoms with E-state index in [1.54, 1.807) is 0 Å². The maximum atomic E-state index is 12.4. The van der Waals surface area contributed by atoms with E-state index in [4.69, 9.17) is 0 Å². The number of anilines is 1. The van der Waals surface area contributed by atoms with Gasteiger partial charge in [0.1, 0.15) is 0 Å². The number of aryl methyl sites for hydroxylation is 2. The van der Waals surface area contributed by atoms with Crippen LogP contribution in [0.3, 0.4) is 0 Å². The maximum absolute atomic E-state index is 12.4. The van der Waals surface area contributed by atoms with Gasteiger partial charge >= 0.3 is 0 Å². The molecule has 0 radical (unpaired) electrons. The van der Waals surface area contributed by atoms with Crippen LogP contribution in [-0.2, 0) is 0 Å². The summed E-state index contributed by atoms with van der Waals surface area (Å²) in [6, 6.07) is 11.9. The van der Waals surface area contributed by atoms with Gasteiger partial charge in [0.2, 0.25) is 0 Å². The molecule has 0 aliphatic carbocycles. The lowest BCUT2D eigenvalue weighted by Gasteiger charge is -2.06. The molecular weight excluding hydrogens is 304 g/mol. The molecule has 118 valence electrons. The number of thiazole rings is 1. The van der Waals surface area contributed by atoms with Gasteiger partial charge < -0.3 is 0 Å². The highest BCUT2D eigenvalue weighted by Gasteiger charge is 2.12. The van der Waals surface area contributed by atoms with Crippen LogP contribution in [0.1, 0.15) is 46.8 Å². The number of amides is 1. The van der Waals surface area contributed by atoms with Crippen LogP contribution in [0.15, 0.2) is 36.4 Å². The van der Waals surface area contributed by atoms with Crippen molar-refractivity contribution in [1.82, 2.24) is 4.98 Å². The van der Waals surface area contributed by atoms with Crippen molar-refractivity contribution >= 4 is 32.6 Å². The number of nitrogens with one attached hydrogen (secondary N) is 1. The molecule has 1 aromatic heterocycles. The Hall–Kier alpha value is -2.20. The van der Waals surface area contributed by atoms with Gasteiger partial charge in [-0.25, -0.2) is 4.98 Å². The molecule has 0 fully saturated rings. The minimum Gasteiger partial charge on any atom is -0.298 e. The van der Waals surface area contributed by atoms with E-state index in [0.717, 1.165) is 15.8 Å². The summed E-state index contributed by atoms with van der Waals surface area (Å²) in [5.41, 5.74) is 5.17. The summed E-state index contributed by atoms with van der Waals surface area (Å²) in [6.07, 6.45) is 0. The van der Waals surface area contributed by atoms with E-state index >= 15 is 0 Å². The SMILES string of the molecule is Cc1ccc(C)c2sc(NC(=O)c3ccc(C(C)C)cc3)nc12. The Morgan fingerprint density at radius 2 is 1.70 bits per heavy atom. The maximum Gasteiger partial charge on any atom is 0.257 e. The van der Waals surface area contributed by atoms with Gasteiger partial charge in [0.15, 0.2) is 5.13 Å². The first-order valence-corrected chi connectivity index (χ1v) is 8.55. The van der Waals surface area contributed by atoms with Gasteiger partial charge in [-0.3, -0.25) is 10.1 Å². The second-order valence-electron chi connectivity index (χ2n) is 6.13. The molecule has 0 unspecified atom stereocenters. The van der Waals surface area contributed by atoms with E-state index in [1.807, 2.05) is 31.2 Å². The third-order valence-corrected chi connectivity index (χ3v) is 5.11. The zero-order valence-corrected chi connectivity index (χ0v) is 14.6. The fourth-order valence-electron chi connectivity index (χ4n) is 2.50. The quantitative estimate of drug-likeness (QED) is 0.711. The molecule has 0 aliphatic rings. The van der Waals surface area contributed by atoms with Crippen molar-refractivity contribution in [2.24, 2.45) is 0 Å². The summed E-state index contributed by atoms with van der Waals surface area (Å²) in [4.78, 5) is 17.0. The third-order valence-electron chi connectivity index (χ3n) is 4.00. The molecule has 3 rings (SSSR count). The zero-order chi connectivity index (χ0) is 16.6. The zero-order valence-electron chi connectivity index (χ0n) is 13.8. The number of benzene rings is 2. The van der Waals surface area contributed by atoms with E-state index in [-0.39, 0.29) is 5.91 Å². The minimum atomic E-state index is -0.116. The molecule has 0 bridgehead atoms. The molecule has 0 saturated carbocycles. The van der Waals surface area contributed by atoms with Gasteiger partial charge in [0.05, 0.1) is 10.2 Å². The van der Waals surface area contributed by atoms with Gasteiger partial charge in [-0.1, -0.05) is 49.4 Å². The summed E-state index contributed by atoms with van der Waals surface area (Å²) in [6.45, 7) is 8.38.